The summed E-state index contributed by atoms with van der Waals surface area (Å²) in [6.45, 7) is 0.352. The van der Waals surface area contributed by atoms with E-state index in [0.717, 1.165) is 24.1 Å². The van der Waals surface area contributed by atoms with Crippen LogP contribution in [-0.2, 0) is 16.1 Å². The van der Waals surface area contributed by atoms with E-state index < -0.39 is 0 Å². The molecular formula is C17H17NO2. The SMILES string of the molecule is O=C(OCc1ccccc1)C1CCC1c1ccccn1. The molecule has 3 heteroatoms. The number of carbonyl (C=O) groups excluding carboxylic acids is 1. The Bertz CT molecular complexity index is 568. The minimum atomic E-state index is -0.101. The van der Waals surface area contributed by atoms with Gasteiger partial charge in [0.1, 0.15) is 6.61 Å². The summed E-state index contributed by atoms with van der Waals surface area (Å²) in [5.41, 5.74) is 2.02. The van der Waals surface area contributed by atoms with Gasteiger partial charge in [0.15, 0.2) is 0 Å². The van der Waals surface area contributed by atoms with E-state index in [2.05, 4.69) is 4.98 Å². The number of ether oxygens (including phenoxy) is 1. The number of benzene rings is 1. The molecule has 102 valence electrons. The molecule has 2 unspecified atom stereocenters. The van der Waals surface area contributed by atoms with Gasteiger partial charge in [-0.1, -0.05) is 36.4 Å². The zero-order chi connectivity index (χ0) is 13.8. The molecule has 2 atom stereocenters. The highest BCUT2D eigenvalue weighted by Gasteiger charge is 2.39. The van der Waals surface area contributed by atoms with Crippen LogP contribution in [0, 0.1) is 5.92 Å². The van der Waals surface area contributed by atoms with Crippen LogP contribution in [0.2, 0.25) is 0 Å². The van der Waals surface area contributed by atoms with E-state index >= 15 is 0 Å². The van der Waals surface area contributed by atoms with E-state index in [4.69, 9.17) is 4.74 Å². The van der Waals surface area contributed by atoms with Crippen molar-refractivity contribution in [1.82, 2.24) is 4.98 Å². The number of esters is 1. The van der Waals surface area contributed by atoms with Crippen LogP contribution in [0.5, 0.6) is 0 Å². The minimum Gasteiger partial charge on any atom is -0.461 e. The van der Waals surface area contributed by atoms with Crippen LogP contribution >= 0.6 is 0 Å². The largest absolute Gasteiger partial charge is 0.461 e. The highest BCUT2D eigenvalue weighted by Crippen LogP contribution is 2.42. The van der Waals surface area contributed by atoms with Gasteiger partial charge in [-0.3, -0.25) is 9.78 Å². The Morgan fingerprint density at radius 1 is 1.10 bits per heavy atom. The van der Waals surface area contributed by atoms with Gasteiger partial charge in [0.25, 0.3) is 0 Å². The molecule has 1 aromatic heterocycles. The molecule has 0 amide bonds. The molecule has 1 fully saturated rings. The standard InChI is InChI=1S/C17H17NO2/c19-17(20-12-13-6-2-1-3-7-13)15-10-9-14(15)16-8-4-5-11-18-16/h1-8,11,14-15H,9-10,12H2. The highest BCUT2D eigenvalue weighted by molar-refractivity contribution is 5.74. The summed E-state index contributed by atoms with van der Waals surface area (Å²) < 4.78 is 5.42. The lowest BCUT2D eigenvalue weighted by Gasteiger charge is -2.34. The van der Waals surface area contributed by atoms with Crippen LogP contribution in [0.15, 0.2) is 54.7 Å². The number of rotatable bonds is 4. The number of carbonyl (C=O) groups is 1. The Morgan fingerprint density at radius 3 is 2.55 bits per heavy atom. The summed E-state index contributed by atoms with van der Waals surface area (Å²) >= 11 is 0. The number of hydrogen-bond acceptors (Lipinski definition) is 3. The van der Waals surface area contributed by atoms with Crippen molar-refractivity contribution in [3.63, 3.8) is 0 Å². The van der Waals surface area contributed by atoms with Gasteiger partial charge in [-0.05, 0) is 30.5 Å². The summed E-state index contributed by atoms with van der Waals surface area (Å²) in [7, 11) is 0. The first-order valence-electron chi connectivity index (χ1n) is 6.96. The summed E-state index contributed by atoms with van der Waals surface area (Å²) in [4.78, 5) is 16.5. The first-order chi connectivity index (χ1) is 9.84. The normalized spacial score (nSPS) is 21.0. The second-order valence-corrected chi connectivity index (χ2v) is 5.14. The topological polar surface area (TPSA) is 39.2 Å². The fraction of sp³-hybridized carbons (Fsp3) is 0.294. The van der Waals surface area contributed by atoms with Crippen LogP contribution in [0.4, 0.5) is 0 Å². The highest BCUT2D eigenvalue weighted by atomic mass is 16.5. The predicted molar refractivity (Wildman–Crippen MR) is 75.9 cm³/mol. The van der Waals surface area contributed by atoms with Crippen LogP contribution in [0.1, 0.15) is 30.0 Å². The lowest BCUT2D eigenvalue weighted by Crippen LogP contribution is -2.33. The van der Waals surface area contributed by atoms with Crippen molar-refractivity contribution in [2.75, 3.05) is 0 Å². The Labute approximate surface area is 118 Å². The third-order valence-electron chi connectivity index (χ3n) is 3.87. The maximum Gasteiger partial charge on any atom is 0.309 e. The number of pyridine rings is 1. The van der Waals surface area contributed by atoms with E-state index in [-0.39, 0.29) is 17.8 Å². The Hall–Kier alpha value is -2.16. The molecule has 0 radical (unpaired) electrons. The number of aromatic nitrogens is 1. The number of nitrogens with zero attached hydrogens (tertiary/aromatic N) is 1. The van der Waals surface area contributed by atoms with Gasteiger partial charge < -0.3 is 4.74 Å². The zero-order valence-electron chi connectivity index (χ0n) is 11.2. The first-order valence-corrected chi connectivity index (χ1v) is 6.96. The van der Waals surface area contributed by atoms with Gasteiger partial charge in [-0.25, -0.2) is 0 Å². The summed E-state index contributed by atoms with van der Waals surface area (Å²) in [5.74, 6) is 0.0869. The molecule has 0 aliphatic heterocycles. The molecule has 20 heavy (non-hydrogen) atoms. The summed E-state index contributed by atoms with van der Waals surface area (Å²) in [5, 5.41) is 0. The lowest BCUT2D eigenvalue weighted by molar-refractivity contribution is -0.154. The molecule has 0 spiro atoms. The number of hydrogen-bond donors (Lipinski definition) is 0. The maximum atomic E-state index is 12.1. The van der Waals surface area contributed by atoms with Gasteiger partial charge in [0.2, 0.25) is 0 Å². The second kappa shape index (κ2) is 5.87. The van der Waals surface area contributed by atoms with Gasteiger partial charge in [0, 0.05) is 17.8 Å². The molecule has 0 bridgehead atoms. The first kappa shape index (κ1) is 12.9. The molecule has 0 N–H and O–H groups in total. The van der Waals surface area contributed by atoms with Crippen LogP contribution in [0.25, 0.3) is 0 Å². The maximum absolute atomic E-state index is 12.1. The molecule has 1 aliphatic rings. The van der Waals surface area contributed by atoms with Crippen molar-refractivity contribution in [3.8, 4) is 0 Å². The van der Waals surface area contributed by atoms with Crippen molar-refractivity contribution in [2.45, 2.75) is 25.4 Å². The molecule has 1 saturated carbocycles. The molecule has 2 aromatic rings. The van der Waals surface area contributed by atoms with Gasteiger partial charge in [0.05, 0.1) is 5.92 Å². The Kier molecular flexibility index (Phi) is 3.77. The van der Waals surface area contributed by atoms with Crippen molar-refractivity contribution in [3.05, 3.63) is 66.0 Å². The molecule has 3 nitrogen and oxygen atoms in total. The van der Waals surface area contributed by atoms with Crippen LogP contribution < -0.4 is 0 Å². The van der Waals surface area contributed by atoms with E-state index in [1.807, 2.05) is 48.5 Å². The molecule has 1 aliphatic carbocycles. The van der Waals surface area contributed by atoms with Crippen LogP contribution in [-0.4, -0.2) is 11.0 Å². The predicted octanol–water partition coefficient (Wildman–Crippen LogP) is 3.32. The minimum absolute atomic E-state index is 0.0337. The van der Waals surface area contributed by atoms with Crippen LogP contribution in [0.3, 0.4) is 0 Å². The van der Waals surface area contributed by atoms with Crippen molar-refractivity contribution < 1.29 is 9.53 Å². The summed E-state index contributed by atoms with van der Waals surface area (Å²) in [6.07, 6.45) is 3.69. The average Bonchev–Trinajstić information content (AvgIpc) is 2.46. The van der Waals surface area contributed by atoms with Crippen molar-refractivity contribution in [2.24, 2.45) is 5.92 Å². The molecular weight excluding hydrogens is 250 g/mol. The van der Waals surface area contributed by atoms with E-state index in [1.165, 1.54) is 0 Å². The fourth-order valence-corrected chi connectivity index (χ4v) is 2.57. The molecule has 0 saturated heterocycles. The Balaban J connectivity index is 1.58. The van der Waals surface area contributed by atoms with Gasteiger partial charge >= 0.3 is 5.97 Å². The molecule has 3 rings (SSSR count). The van der Waals surface area contributed by atoms with Crippen molar-refractivity contribution >= 4 is 5.97 Å². The average molecular weight is 267 g/mol. The van der Waals surface area contributed by atoms with E-state index in [0.29, 0.717) is 6.61 Å². The second-order valence-electron chi connectivity index (χ2n) is 5.14. The van der Waals surface area contributed by atoms with E-state index in [9.17, 15) is 4.79 Å². The monoisotopic (exact) mass is 267 g/mol. The molecule has 1 heterocycles. The van der Waals surface area contributed by atoms with Gasteiger partial charge in [-0.15, -0.1) is 0 Å². The fourth-order valence-electron chi connectivity index (χ4n) is 2.57. The molecule has 1 aromatic carbocycles. The lowest BCUT2D eigenvalue weighted by atomic mass is 9.72. The summed E-state index contributed by atoms with van der Waals surface area (Å²) in [6, 6.07) is 15.6. The third kappa shape index (κ3) is 2.72. The van der Waals surface area contributed by atoms with Gasteiger partial charge in [-0.2, -0.15) is 0 Å². The zero-order valence-corrected chi connectivity index (χ0v) is 11.2. The van der Waals surface area contributed by atoms with Crippen molar-refractivity contribution in [1.29, 1.82) is 0 Å². The quantitative estimate of drug-likeness (QED) is 0.798. The smallest absolute Gasteiger partial charge is 0.309 e. The third-order valence-corrected chi connectivity index (χ3v) is 3.87. The Morgan fingerprint density at radius 2 is 1.90 bits per heavy atom. The van der Waals surface area contributed by atoms with E-state index in [1.54, 1.807) is 6.20 Å².